The molecule has 0 bridgehead atoms. The van der Waals surface area contributed by atoms with Crippen LogP contribution in [0.4, 0.5) is 13.2 Å². The van der Waals surface area contributed by atoms with Crippen molar-refractivity contribution in [1.29, 1.82) is 0 Å². The van der Waals surface area contributed by atoms with Gasteiger partial charge >= 0.3 is 6.18 Å². The largest absolute Gasteiger partial charge is 0.411 e. The molecule has 0 aliphatic rings. The fourth-order valence-corrected chi connectivity index (χ4v) is 1.23. The van der Waals surface area contributed by atoms with Crippen molar-refractivity contribution in [2.45, 2.75) is 26.9 Å². The molecule has 1 atom stereocenters. The highest BCUT2D eigenvalue weighted by Crippen LogP contribution is 2.20. The van der Waals surface area contributed by atoms with Crippen LogP contribution in [0.1, 0.15) is 20.8 Å². The number of nitrogens with one attached hydrogen (secondary N) is 1. The van der Waals surface area contributed by atoms with Crippen LogP contribution in [-0.2, 0) is 4.74 Å². The van der Waals surface area contributed by atoms with Crippen LogP contribution >= 0.6 is 0 Å². The van der Waals surface area contributed by atoms with Gasteiger partial charge in [0.15, 0.2) is 0 Å². The molecule has 0 aliphatic carbocycles. The molecular weight excluding hydrogens is 231 g/mol. The molecule has 1 N–H and O–H groups in total. The molecule has 0 amide bonds. The van der Waals surface area contributed by atoms with Gasteiger partial charge in [0.05, 0.1) is 6.61 Å². The van der Waals surface area contributed by atoms with Gasteiger partial charge in [0, 0.05) is 12.0 Å². The maximum Gasteiger partial charge on any atom is 0.411 e. The van der Waals surface area contributed by atoms with Crippen molar-refractivity contribution in [2.24, 2.45) is 11.3 Å². The molecule has 17 heavy (non-hydrogen) atoms. The van der Waals surface area contributed by atoms with E-state index in [1.165, 1.54) is 0 Å². The summed E-state index contributed by atoms with van der Waals surface area (Å²) in [5.41, 5.74) is -0.472. The van der Waals surface area contributed by atoms with E-state index in [1.807, 2.05) is 6.92 Å². The molecular formula is C12H22F3NO. The van der Waals surface area contributed by atoms with Crippen molar-refractivity contribution in [3.8, 4) is 0 Å². The number of hydrogen-bond donors (Lipinski definition) is 1. The summed E-state index contributed by atoms with van der Waals surface area (Å²) in [6.45, 7) is 9.79. The van der Waals surface area contributed by atoms with E-state index in [0.717, 1.165) is 6.54 Å². The topological polar surface area (TPSA) is 21.3 Å². The highest BCUT2D eigenvalue weighted by Gasteiger charge is 2.29. The van der Waals surface area contributed by atoms with Gasteiger partial charge in [-0.15, -0.1) is 6.58 Å². The Morgan fingerprint density at radius 2 is 1.88 bits per heavy atom. The van der Waals surface area contributed by atoms with E-state index in [9.17, 15) is 13.2 Å². The third-order valence-electron chi connectivity index (χ3n) is 2.27. The number of rotatable bonds is 8. The van der Waals surface area contributed by atoms with E-state index in [0.29, 0.717) is 12.5 Å². The summed E-state index contributed by atoms with van der Waals surface area (Å²) >= 11 is 0. The molecule has 5 heteroatoms. The van der Waals surface area contributed by atoms with Gasteiger partial charge in [0.25, 0.3) is 0 Å². The molecule has 0 radical (unpaired) electrons. The Kier molecular flexibility index (Phi) is 6.78. The third-order valence-corrected chi connectivity index (χ3v) is 2.27. The monoisotopic (exact) mass is 253 g/mol. The molecule has 0 saturated carbocycles. The molecule has 0 aromatic rings. The summed E-state index contributed by atoms with van der Waals surface area (Å²) in [6.07, 6.45) is -2.63. The fraction of sp³-hybridized carbons (Fsp3) is 0.833. The Labute approximate surface area is 101 Å². The van der Waals surface area contributed by atoms with Gasteiger partial charge in [0.1, 0.15) is 6.61 Å². The zero-order valence-corrected chi connectivity index (χ0v) is 10.7. The predicted octanol–water partition coefficient (Wildman–Crippen LogP) is 3.00. The molecule has 0 rings (SSSR count). The van der Waals surface area contributed by atoms with Crippen LogP contribution in [0.25, 0.3) is 0 Å². The Morgan fingerprint density at radius 3 is 2.29 bits per heavy atom. The Morgan fingerprint density at radius 1 is 1.29 bits per heavy atom. The molecule has 0 saturated heterocycles. The fourth-order valence-electron chi connectivity index (χ4n) is 1.23. The lowest BCUT2D eigenvalue weighted by molar-refractivity contribution is -0.178. The van der Waals surface area contributed by atoms with Gasteiger partial charge in [-0.25, -0.2) is 0 Å². The quantitative estimate of drug-likeness (QED) is 0.671. The van der Waals surface area contributed by atoms with E-state index in [-0.39, 0.29) is 6.61 Å². The SMILES string of the molecule is C=CC(C)(CNCC(C)C)COCC(F)(F)F. The van der Waals surface area contributed by atoms with E-state index in [1.54, 1.807) is 6.08 Å². The van der Waals surface area contributed by atoms with Gasteiger partial charge in [-0.1, -0.05) is 26.8 Å². The van der Waals surface area contributed by atoms with Crippen molar-refractivity contribution >= 4 is 0 Å². The maximum absolute atomic E-state index is 11.9. The molecule has 0 aromatic carbocycles. The molecule has 102 valence electrons. The number of alkyl halides is 3. The van der Waals surface area contributed by atoms with E-state index < -0.39 is 18.2 Å². The second kappa shape index (κ2) is 7.01. The number of ether oxygens (including phenoxy) is 1. The van der Waals surface area contributed by atoms with Crippen LogP contribution < -0.4 is 5.32 Å². The van der Waals surface area contributed by atoms with Gasteiger partial charge in [-0.05, 0) is 12.5 Å². The standard InChI is InChI=1S/C12H22F3NO/c1-5-11(4,7-16-6-10(2)3)8-17-9-12(13,14)15/h5,10,16H,1,6-9H2,2-4H3. The minimum absolute atomic E-state index is 0.0150. The average molecular weight is 253 g/mol. The zero-order valence-electron chi connectivity index (χ0n) is 10.7. The first-order valence-corrected chi connectivity index (χ1v) is 5.67. The summed E-state index contributed by atoms with van der Waals surface area (Å²) in [4.78, 5) is 0. The highest BCUT2D eigenvalue weighted by atomic mass is 19.4. The normalized spacial score (nSPS) is 15.9. The first-order chi connectivity index (χ1) is 7.68. The summed E-state index contributed by atoms with van der Waals surface area (Å²) in [7, 11) is 0. The number of hydrogen-bond acceptors (Lipinski definition) is 2. The van der Waals surface area contributed by atoms with Crippen LogP contribution in [-0.4, -0.2) is 32.5 Å². The average Bonchev–Trinajstić information content (AvgIpc) is 2.15. The van der Waals surface area contributed by atoms with Gasteiger partial charge in [0.2, 0.25) is 0 Å². The predicted molar refractivity (Wildman–Crippen MR) is 62.9 cm³/mol. The Balaban J connectivity index is 3.97. The van der Waals surface area contributed by atoms with Crippen molar-refractivity contribution in [3.05, 3.63) is 12.7 Å². The van der Waals surface area contributed by atoms with Crippen LogP contribution in [0.2, 0.25) is 0 Å². The molecule has 2 nitrogen and oxygen atoms in total. The van der Waals surface area contributed by atoms with Gasteiger partial charge in [-0.3, -0.25) is 0 Å². The highest BCUT2D eigenvalue weighted by molar-refractivity contribution is 4.93. The summed E-state index contributed by atoms with van der Waals surface area (Å²) in [6, 6.07) is 0. The molecule has 0 spiro atoms. The Bertz CT molecular complexity index is 228. The summed E-state index contributed by atoms with van der Waals surface area (Å²) in [5.74, 6) is 0.500. The van der Waals surface area contributed by atoms with Gasteiger partial charge in [-0.2, -0.15) is 13.2 Å². The van der Waals surface area contributed by atoms with E-state index in [2.05, 4.69) is 30.5 Å². The van der Waals surface area contributed by atoms with Crippen LogP contribution in [0.15, 0.2) is 12.7 Å². The lowest BCUT2D eigenvalue weighted by Crippen LogP contribution is -2.36. The molecule has 1 unspecified atom stereocenters. The van der Waals surface area contributed by atoms with Crippen LogP contribution in [0.5, 0.6) is 0 Å². The van der Waals surface area contributed by atoms with Crippen molar-refractivity contribution in [3.63, 3.8) is 0 Å². The molecule has 0 aromatic heterocycles. The van der Waals surface area contributed by atoms with Crippen molar-refractivity contribution in [1.82, 2.24) is 5.32 Å². The molecule has 0 fully saturated rings. The zero-order chi connectivity index (χ0) is 13.5. The molecule has 0 aliphatic heterocycles. The number of halogens is 3. The van der Waals surface area contributed by atoms with E-state index >= 15 is 0 Å². The van der Waals surface area contributed by atoms with E-state index in [4.69, 9.17) is 0 Å². The second-order valence-corrected chi connectivity index (χ2v) is 4.99. The first-order valence-electron chi connectivity index (χ1n) is 5.67. The van der Waals surface area contributed by atoms with Crippen molar-refractivity contribution < 1.29 is 17.9 Å². The first kappa shape index (κ1) is 16.4. The lowest BCUT2D eigenvalue weighted by atomic mass is 9.92. The second-order valence-electron chi connectivity index (χ2n) is 4.99. The smallest absolute Gasteiger partial charge is 0.371 e. The summed E-state index contributed by atoms with van der Waals surface area (Å²) < 4.78 is 40.5. The van der Waals surface area contributed by atoms with Crippen LogP contribution in [0, 0.1) is 11.3 Å². The minimum atomic E-state index is -4.27. The third kappa shape index (κ3) is 9.18. The summed E-state index contributed by atoms with van der Waals surface area (Å²) in [5, 5.41) is 3.19. The minimum Gasteiger partial charge on any atom is -0.371 e. The van der Waals surface area contributed by atoms with Gasteiger partial charge < -0.3 is 10.1 Å². The Hall–Kier alpha value is -0.550. The van der Waals surface area contributed by atoms with Crippen molar-refractivity contribution in [2.75, 3.05) is 26.3 Å². The lowest BCUT2D eigenvalue weighted by Gasteiger charge is -2.26. The molecule has 0 heterocycles. The van der Waals surface area contributed by atoms with Crippen LogP contribution in [0.3, 0.4) is 0 Å². The maximum atomic E-state index is 11.9.